The summed E-state index contributed by atoms with van der Waals surface area (Å²) in [7, 11) is -3.31. The Hall–Kier alpha value is -1.75. The number of nitrogens with zero attached hydrogens (tertiary/aromatic N) is 1. The SMILES string of the molecule is Cc1cc(C2CCOCC2)oc(=O)c1C(=O)NCC1CN(S(C)(=O)=O)CCO1. The van der Waals surface area contributed by atoms with Crippen LogP contribution in [0.1, 0.15) is 40.4 Å². The zero-order chi connectivity index (χ0) is 20.3. The second kappa shape index (κ2) is 8.73. The highest BCUT2D eigenvalue weighted by Crippen LogP contribution is 2.27. The minimum absolute atomic E-state index is 0.0356. The molecule has 1 atom stereocenters. The van der Waals surface area contributed by atoms with Crippen molar-refractivity contribution in [3.05, 3.63) is 33.4 Å². The number of sulfonamides is 1. The number of aryl methyl sites for hydroxylation is 1. The van der Waals surface area contributed by atoms with E-state index >= 15 is 0 Å². The summed E-state index contributed by atoms with van der Waals surface area (Å²) in [5, 5.41) is 2.66. The van der Waals surface area contributed by atoms with Gasteiger partial charge in [0.2, 0.25) is 10.0 Å². The highest BCUT2D eigenvalue weighted by atomic mass is 32.2. The second-order valence-electron chi connectivity index (χ2n) is 7.20. The van der Waals surface area contributed by atoms with Crippen LogP contribution in [0.4, 0.5) is 0 Å². The zero-order valence-corrected chi connectivity index (χ0v) is 16.9. The largest absolute Gasteiger partial charge is 0.427 e. The van der Waals surface area contributed by atoms with Gasteiger partial charge >= 0.3 is 5.63 Å². The molecule has 2 aliphatic heterocycles. The molecule has 0 spiro atoms. The maximum atomic E-state index is 12.5. The van der Waals surface area contributed by atoms with Gasteiger partial charge in [0.15, 0.2) is 0 Å². The molecule has 3 rings (SSSR count). The van der Waals surface area contributed by atoms with Crippen LogP contribution >= 0.6 is 0 Å². The molecule has 1 amide bonds. The maximum absolute atomic E-state index is 12.5. The van der Waals surface area contributed by atoms with Gasteiger partial charge in [-0.2, -0.15) is 4.31 Å². The van der Waals surface area contributed by atoms with Gasteiger partial charge < -0.3 is 19.2 Å². The fraction of sp³-hybridized carbons (Fsp3) is 0.667. The van der Waals surface area contributed by atoms with E-state index in [4.69, 9.17) is 13.9 Å². The summed E-state index contributed by atoms with van der Waals surface area (Å²) in [6.07, 6.45) is 2.23. The summed E-state index contributed by atoms with van der Waals surface area (Å²) in [4.78, 5) is 24.9. The number of rotatable bonds is 5. The fourth-order valence-electron chi connectivity index (χ4n) is 3.50. The number of carbonyl (C=O) groups is 1. The molecule has 0 radical (unpaired) electrons. The molecule has 0 aromatic carbocycles. The van der Waals surface area contributed by atoms with E-state index in [9.17, 15) is 18.0 Å². The van der Waals surface area contributed by atoms with Crippen LogP contribution in [0.2, 0.25) is 0 Å². The summed E-state index contributed by atoms with van der Waals surface area (Å²) in [5.41, 5.74) is -0.148. The molecule has 9 nitrogen and oxygen atoms in total. The molecule has 0 bridgehead atoms. The molecule has 3 heterocycles. The summed E-state index contributed by atoms with van der Waals surface area (Å²) in [6, 6.07) is 1.74. The number of amides is 1. The first-order chi connectivity index (χ1) is 13.3. The van der Waals surface area contributed by atoms with E-state index in [1.807, 2.05) is 0 Å². The van der Waals surface area contributed by atoms with Gasteiger partial charge in [0.05, 0.1) is 19.0 Å². The van der Waals surface area contributed by atoms with Gasteiger partial charge in [0, 0.05) is 38.8 Å². The standard InChI is InChI=1S/C18H26N2O7S/c1-12-9-15(13-3-6-25-7-4-13)27-18(22)16(12)17(21)19-10-14-11-20(5-8-26-14)28(2,23)24/h9,13-14H,3-8,10-11H2,1-2H3,(H,19,21). The molecule has 1 aromatic rings. The number of carbonyl (C=O) groups excluding carboxylic acids is 1. The number of morpholine rings is 1. The van der Waals surface area contributed by atoms with Gasteiger partial charge in [-0.05, 0) is 31.4 Å². The molecule has 156 valence electrons. The molecule has 2 saturated heterocycles. The molecule has 1 N–H and O–H groups in total. The van der Waals surface area contributed by atoms with Crippen molar-refractivity contribution in [3.63, 3.8) is 0 Å². The van der Waals surface area contributed by atoms with Crippen LogP contribution in [0.3, 0.4) is 0 Å². The van der Waals surface area contributed by atoms with Gasteiger partial charge in [-0.3, -0.25) is 4.79 Å². The van der Waals surface area contributed by atoms with Crippen LogP contribution in [0, 0.1) is 6.92 Å². The maximum Gasteiger partial charge on any atom is 0.349 e. The Bertz CT molecular complexity index is 874. The van der Waals surface area contributed by atoms with E-state index in [1.54, 1.807) is 13.0 Å². The minimum atomic E-state index is -3.31. The van der Waals surface area contributed by atoms with Gasteiger partial charge in [-0.25, -0.2) is 13.2 Å². The van der Waals surface area contributed by atoms with Crippen LogP contribution < -0.4 is 10.9 Å². The van der Waals surface area contributed by atoms with Crippen LogP contribution in [-0.4, -0.2) is 70.4 Å². The van der Waals surface area contributed by atoms with Crippen molar-refractivity contribution in [1.82, 2.24) is 9.62 Å². The normalized spacial score (nSPS) is 22.1. The second-order valence-corrected chi connectivity index (χ2v) is 9.19. The Morgan fingerprint density at radius 3 is 2.64 bits per heavy atom. The van der Waals surface area contributed by atoms with Gasteiger partial charge in [0.25, 0.3) is 5.91 Å². The monoisotopic (exact) mass is 414 g/mol. The summed E-state index contributed by atoms with van der Waals surface area (Å²) in [5.74, 6) is 0.154. The highest BCUT2D eigenvalue weighted by molar-refractivity contribution is 7.88. The van der Waals surface area contributed by atoms with Gasteiger partial charge in [-0.15, -0.1) is 0 Å². The van der Waals surface area contributed by atoms with Gasteiger partial charge in [0.1, 0.15) is 11.3 Å². The summed E-state index contributed by atoms with van der Waals surface area (Å²) in [6.45, 7) is 3.77. The highest BCUT2D eigenvalue weighted by Gasteiger charge is 2.28. The molecule has 0 saturated carbocycles. The van der Waals surface area contributed by atoms with Crippen molar-refractivity contribution in [3.8, 4) is 0 Å². The van der Waals surface area contributed by atoms with Gasteiger partial charge in [-0.1, -0.05) is 0 Å². The molecule has 1 aromatic heterocycles. The van der Waals surface area contributed by atoms with Crippen molar-refractivity contribution in [2.45, 2.75) is 31.8 Å². The lowest BCUT2D eigenvalue weighted by atomic mass is 9.95. The van der Waals surface area contributed by atoms with Crippen LogP contribution in [0.25, 0.3) is 0 Å². The average Bonchev–Trinajstić information content (AvgIpc) is 2.66. The Balaban J connectivity index is 1.65. The fourth-order valence-corrected chi connectivity index (χ4v) is 4.34. The third-order valence-electron chi connectivity index (χ3n) is 5.08. The molecular formula is C18H26N2O7S. The lowest BCUT2D eigenvalue weighted by Crippen LogP contribution is -2.49. The van der Waals surface area contributed by atoms with E-state index in [0.29, 0.717) is 31.1 Å². The van der Waals surface area contributed by atoms with Crippen molar-refractivity contribution in [1.29, 1.82) is 0 Å². The van der Waals surface area contributed by atoms with Crippen LogP contribution in [-0.2, 0) is 19.5 Å². The third-order valence-corrected chi connectivity index (χ3v) is 6.35. The third kappa shape index (κ3) is 4.99. The molecule has 2 fully saturated rings. The van der Waals surface area contributed by atoms with E-state index in [1.165, 1.54) is 4.31 Å². The van der Waals surface area contributed by atoms with Crippen molar-refractivity contribution in [2.75, 3.05) is 45.7 Å². The topological polar surface area (TPSA) is 115 Å². The smallest absolute Gasteiger partial charge is 0.349 e. The molecule has 1 unspecified atom stereocenters. The number of hydrogen-bond donors (Lipinski definition) is 1. The molecule has 2 aliphatic rings. The van der Waals surface area contributed by atoms with E-state index < -0.39 is 27.7 Å². The van der Waals surface area contributed by atoms with E-state index in [-0.39, 0.29) is 31.2 Å². The Kier molecular flexibility index (Phi) is 6.54. The molecular weight excluding hydrogens is 388 g/mol. The Morgan fingerprint density at radius 2 is 2.00 bits per heavy atom. The lowest BCUT2D eigenvalue weighted by molar-refractivity contribution is 0.000410. The number of hydrogen-bond acceptors (Lipinski definition) is 7. The first kappa shape index (κ1) is 21.0. The molecule has 28 heavy (non-hydrogen) atoms. The number of ether oxygens (including phenoxy) is 2. The molecule has 10 heteroatoms. The van der Waals surface area contributed by atoms with E-state index in [0.717, 1.165) is 19.1 Å². The number of nitrogens with one attached hydrogen (secondary N) is 1. The first-order valence-electron chi connectivity index (χ1n) is 9.33. The first-order valence-corrected chi connectivity index (χ1v) is 11.2. The predicted molar refractivity (Wildman–Crippen MR) is 101 cm³/mol. The minimum Gasteiger partial charge on any atom is -0.427 e. The van der Waals surface area contributed by atoms with E-state index in [2.05, 4.69) is 5.32 Å². The van der Waals surface area contributed by atoms with Crippen molar-refractivity contribution >= 4 is 15.9 Å². The van der Waals surface area contributed by atoms with Crippen LogP contribution in [0.5, 0.6) is 0 Å². The summed E-state index contributed by atoms with van der Waals surface area (Å²) < 4.78 is 40.9. The predicted octanol–water partition coefficient (Wildman–Crippen LogP) is 0.232. The average molecular weight is 414 g/mol. The van der Waals surface area contributed by atoms with Crippen molar-refractivity contribution in [2.24, 2.45) is 0 Å². The zero-order valence-electron chi connectivity index (χ0n) is 16.1. The van der Waals surface area contributed by atoms with Crippen LogP contribution in [0.15, 0.2) is 15.3 Å². The quantitative estimate of drug-likeness (QED) is 0.733. The Labute approximate surface area is 164 Å². The Morgan fingerprint density at radius 1 is 1.29 bits per heavy atom. The van der Waals surface area contributed by atoms with Crippen molar-refractivity contribution < 1.29 is 27.1 Å². The summed E-state index contributed by atoms with van der Waals surface area (Å²) >= 11 is 0. The molecule has 0 aliphatic carbocycles. The lowest BCUT2D eigenvalue weighted by Gasteiger charge is -2.31.